The minimum absolute atomic E-state index is 0.379. The van der Waals surface area contributed by atoms with Gasteiger partial charge in [-0.1, -0.05) is 141 Å². The predicted octanol–water partition coefficient (Wildman–Crippen LogP) is 15.3. The normalized spacial score (nSPS) is 13.7. The molecule has 0 heterocycles. The lowest BCUT2D eigenvalue weighted by molar-refractivity contribution is -0.388. The molecule has 1 N–H and O–H groups in total. The third kappa shape index (κ3) is 32.0. The van der Waals surface area contributed by atoms with Crippen LogP contribution in [-0.4, -0.2) is 115 Å². The second-order valence-corrected chi connectivity index (χ2v) is 18.6. The van der Waals surface area contributed by atoms with Gasteiger partial charge in [-0.15, -0.1) is 0 Å². The molecule has 0 amide bonds. The van der Waals surface area contributed by atoms with E-state index in [1.54, 1.807) is 0 Å². The summed E-state index contributed by atoms with van der Waals surface area (Å²) >= 11 is 0. The van der Waals surface area contributed by atoms with Crippen LogP contribution in [0.15, 0.2) is 0 Å². The number of hydrogen-bond acceptors (Lipinski definition) is 13. The van der Waals surface area contributed by atoms with Crippen molar-refractivity contribution in [3.05, 3.63) is 0 Å². The summed E-state index contributed by atoms with van der Waals surface area (Å²) in [4.78, 5) is 0. The zero-order valence-corrected chi connectivity index (χ0v) is 48.8. The van der Waals surface area contributed by atoms with E-state index in [1.165, 1.54) is 116 Å². The van der Waals surface area contributed by atoms with E-state index >= 15 is 0 Å². The highest BCUT2D eigenvalue weighted by Crippen LogP contribution is 2.33. The molecule has 13 heteroatoms. The Kier molecular flexibility index (Phi) is 47.5. The Labute approximate surface area is 438 Å². The number of rotatable bonds is 58. The van der Waals surface area contributed by atoms with Crippen LogP contribution in [0.2, 0.25) is 0 Å². The average Bonchev–Trinajstić information content (AvgIpc) is 3.34. The summed E-state index contributed by atoms with van der Waals surface area (Å²) in [6.07, 6.45) is 31.5. The summed E-state index contributed by atoms with van der Waals surface area (Å²) in [5, 5.41) is 3.72. The zero-order valence-electron chi connectivity index (χ0n) is 48.8. The molecule has 2 unspecified atom stereocenters. The van der Waals surface area contributed by atoms with E-state index in [9.17, 15) is 0 Å². The zero-order chi connectivity index (χ0) is 52.6. The first kappa shape index (κ1) is 70.5. The van der Waals surface area contributed by atoms with Crippen LogP contribution in [0.5, 0.6) is 0 Å². The second kappa shape index (κ2) is 47.9. The first-order valence-electron chi connectivity index (χ1n) is 30.1. The highest BCUT2D eigenvalue weighted by Gasteiger charge is 2.53. The van der Waals surface area contributed by atoms with Crippen LogP contribution in [0.3, 0.4) is 0 Å². The van der Waals surface area contributed by atoms with Gasteiger partial charge in [0.05, 0.1) is 0 Å². The standard InChI is InChI=1S/C58H119NO12/c1-13-60-53(49-45-41-37-33-29-25-27-31-35-39-43-47-51-55(62-15-3,63-16-4)64-17-5)57(68-21-9,69-22-10)59-58(70-23-11,71-24-12)54(61-14-2)50-46-42-38-34-30-26-28-32-36-40-44-48-52-56(65-18-6,66-19-7)67-20-8/h53-54,59H,13-52H2,1-12H3. The van der Waals surface area contributed by atoms with Crippen LogP contribution in [0.25, 0.3) is 0 Å². The lowest BCUT2D eigenvalue weighted by Gasteiger charge is -2.48. The SMILES string of the molecule is CCOC(CCCCCCCCCCCCCCC(OCC)(OCC)OCC)C(NC(OCC)(OCC)C(CCCCCCCCCCCCCCC(OCC)(OCC)OCC)OCC)(OCC)OCC. The predicted molar refractivity (Wildman–Crippen MR) is 290 cm³/mol. The first-order valence-corrected chi connectivity index (χ1v) is 30.1. The lowest BCUT2D eigenvalue weighted by atomic mass is 10.0. The first-order chi connectivity index (χ1) is 34.6. The Bertz CT molecular complexity index is 976. The molecule has 0 spiro atoms. The largest absolute Gasteiger partial charge is 0.371 e. The van der Waals surface area contributed by atoms with Gasteiger partial charge < -0.3 is 56.8 Å². The molecule has 0 bridgehead atoms. The van der Waals surface area contributed by atoms with Crippen LogP contribution >= 0.6 is 0 Å². The van der Waals surface area contributed by atoms with Crippen LogP contribution in [0.4, 0.5) is 0 Å². The molecule has 0 rings (SSSR count). The third-order valence-corrected chi connectivity index (χ3v) is 13.0. The quantitative estimate of drug-likeness (QED) is 0.0460. The Morgan fingerprint density at radius 2 is 0.437 bits per heavy atom. The van der Waals surface area contributed by atoms with Crippen LogP contribution in [-0.2, 0) is 56.8 Å². The highest BCUT2D eigenvalue weighted by molar-refractivity contribution is 4.89. The van der Waals surface area contributed by atoms with Gasteiger partial charge in [-0.3, -0.25) is 0 Å². The fourth-order valence-electron chi connectivity index (χ4n) is 9.91. The molecule has 0 saturated carbocycles. The minimum Gasteiger partial charge on any atom is -0.371 e. The Morgan fingerprint density at radius 3 is 0.634 bits per heavy atom. The van der Waals surface area contributed by atoms with E-state index in [4.69, 9.17) is 56.8 Å². The molecule has 0 aromatic rings. The smallest absolute Gasteiger partial charge is 0.282 e. The molecule has 0 aromatic carbocycles. The average molecular weight is 1020 g/mol. The van der Waals surface area contributed by atoms with Gasteiger partial charge in [0, 0.05) is 92.1 Å². The molecular weight excluding hydrogens is 903 g/mol. The molecule has 71 heavy (non-hydrogen) atoms. The van der Waals surface area contributed by atoms with Crippen molar-refractivity contribution in [2.75, 3.05) is 79.3 Å². The van der Waals surface area contributed by atoms with Crippen molar-refractivity contribution in [3.63, 3.8) is 0 Å². The van der Waals surface area contributed by atoms with Crippen molar-refractivity contribution in [1.82, 2.24) is 5.32 Å². The van der Waals surface area contributed by atoms with Gasteiger partial charge in [0.15, 0.2) is 0 Å². The summed E-state index contributed by atoms with van der Waals surface area (Å²) < 4.78 is 74.9. The fourth-order valence-corrected chi connectivity index (χ4v) is 9.91. The van der Waals surface area contributed by atoms with E-state index in [1.807, 2.05) is 83.1 Å². The molecule has 0 aliphatic heterocycles. The van der Waals surface area contributed by atoms with Crippen LogP contribution < -0.4 is 5.32 Å². The maximum Gasteiger partial charge on any atom is 0.282 e. The van der Waals surface area contributed by atoms with Gasteiger partial charge in [-0.25, -0.2) is 5.32 Å². The fraction of sp³-hybridized carbons (Fsp3) is 1.00. The number of hydrogen-bond donors (Lipinski definition) is 1. The maximum atomic E-state index is 6.62. The van der Waals surface area contributed by atoms with E-state index in [0.717, 1.165) is 64.2 Å². The monoisotopic (exact) mass is 1020 g/mol. The van der Waals surface area contributed by atoms with E-state index in [-0.39, 0.29) is 12.2 Å². The summed E-state index contributed by atoms with van der Waals surface area (Å²) in [5.41, 5.74) is 0. The van der Waals surface area contributed by atoms with Crippen molar-refractivity contribution < 1.29 is 56.8 Å². The molecule has 0 saturated heterocycles. The molecule has 0 aliphatic rings. The Morgan fingerprint density at radius 1 is 0.239 bits per heavy atom. The molecule has 2 atom stereocenters. The van der Waals surface area contributed by atoms with Crippen molar-refractivity contribution in [2.24, 2.45) is 0 Å². The number of unbranched alkanes of at least 4 members (excludes halogenated alkanes) is 22. The van der Waals surface area contributed by atoms with Gasteiger partial charge >= 0.3 is 0 Å². The van der Waals surface area contributed by atoms with Crippen LogP contribution in [0, 0.1) is 0 Å². The Balaban J connectivity index is 5.11. The minimum atomic E-state index is -1.29. The van der Waals surface area contributed by atoms with E-state index in [0.29, 0.717) is 79.3 Å². The summed E-state index contributed by atoms with van der Waals surface area (Å²) in [7, 11) is 0. The molecule has 0 radical (unpaired) electrons. The molecular formula is C58H119NO12. The van der Waals surface area contributed by atoms with Crippen molar-refractivity contribution >= 4 is 0 Å². The second-order valence-electron chi connectivity index (χ2n) is 18.6. The van der Waals surface area contributed by atoms with E-state index < -0.39 is 23.8 Å². The van der Waals surface area contributed by atoms with Crippen LogP contribution in [0.1, 0.15) is 263 Å². The van der Waals surface area contributed by atoms with Gasteiger partial charge in [-0.05, 0) is 109 Å². The van der Waals surface area contributed by atoms with Gasteiger partial charge in [-0.2, -0.15) is 0 Å². The molecule has 0 aromatic heterocycles. The lowest BCUT2D eigenvalue weighted by Crippen LogP contribution is -2.72. The van der Waals surface area contributed by atoms with Crippen molar-refractivity contribution in [1.29, 1.82) is 0 Å². The Hall–Kier alpha value is -0.520. The van der Waals surface area contributed by atoms with Crippen molar-refractivity contribution in [2.45, 2.75) is 299 Å². The summed E-state index contributed by atoms with van der Waals surface area (Å²) in [5.74, 6) is -4.33. The van der Waals surface area contributed by atoms with Gasteiger partial charge in [0.25, 0.3) is 23.8 Å². The number of ether oxygens (including phenoxy) is 12. The van der Waals surface area contributed by atoms with Crippen molar-refractivity contribution in [3.8, 4) is 0 Å². The molecule has 0 aliphatic carbocycles. The highest BCUT2D eigenvalue weighted by atomic mass is 16.9. The van der Waals surface area contributed by atoms with Gasteiger partial charge in [0.1, 0.15) is 12.2 Å². The van der Waals surface area contributed by atoms with Gasteiger partial charge in [0.2, 0.25) is 0 Å². The summed E-state index contributed by atoms with van der Waals surface area (Å²) in [6, 6.07) is 0. The third-order valence-electron chi connectivity index (χ3n) is 13.0. The molecule has 13 nitrogen and oxygen atoms in total. The number of nitrogens with one attached hydrogen (secondary N) is 1. The van der Waals surface area contributed by atoms with E-state index in [2.05, 4.69) is 5.32 Å². The molecule has 0 fully saturated rings. The maximum absolute atomic E-state index is 6.62. The topological polar surface area (TPSA) is 123 Å². The molecule has 428 valence electrons. The summed E-state index contributed by atoms with van der Waals surface area (Å²) in [6.45, 7) is 30.4.